The molecule has 0 spiro atoms. The quantitative estimate of drug-likeness (QED) is 0.0465. The number of nitrogens with two attached hydrogens (primary N) is 1. The predicted octanol–water partition coefficient (Wildman–Crippen LogP) is 6.06. The second-order valence-electron chi connectivity index (χ2n) is 13.3. The van der Waals surface area contributed by atoms with Crippen LogP contribution in [0.25, 0.3) is 17.1 Å². The number of amides is 2. The van der Waals surface area contributed by atoms with Crippen molar-refractivity contribution in [2.45, 2.75) is 39.3 Å². The van der Waals surface area contributed by atoms with E-state index in [0.29, 0.717) is 46.1 Å². The van der Waals surface area contributed by atoms with E-state index < -0.39 is 23.6 Å². The van der Waals surface area contributed by atoms with Crippen LogP contribution in [0.5, 0.6) is 11.5 Å². The highest BCUT2D eigenvalue weighted by molar-refractivity contribution is 6.07. The molecule has 290 valence electrons. The number of carbonyl (C=O) groups is 4. The summed E-state index contributed by atoms with van der Waals surface area (Å²) in [4.78, 5) is 64.9. The standard InChI is InChI=1S/C41H43N7O8/c1-41(2,3)56-40(52)46-38(42)27-10-15-29(16-11-27)44-25-35-45-31-23-28(13-18-32(31)47(35)4)39(51)48(34-9-7-8-21-43-34)22-20-37(50)55-30-17-12-26(33(24-30)53-5)14-19-36(49)54-6/h7-19,21,23-24,44H,20,22,25H2,1-6H3,(H2,42,46,52)/b19-14+. The van der Waals surface area contributed by atoms with Crippen LogP contribution in [0.4, 0.5) is 16.3 Å². The largest absolute Gasteiger partial charge is 0.496 e. The summed E-state index contributed by atoms with van der Waals surface area (Å²) in [6.07, 6.45) is 3.45. The van der Waals surface area contributed by atoms with Crippen molar-refractivity contribution in [3.8, 4) is 11.5 Å². The molecule has 15 heteroatoms. The van der Waals surface area contributed by atoms with Crippen LogP contribution in [0.2, 0.25) is 0 Å². The lowest BCUT2D eigenvalue weighted by Crippen LogP contribution is -2.34. The molecule has 3 aromatic carbocycles. The summed E-state index contributed by atoms with van der Waals surface area (Å²) < 4.78 is 22.7. The second-order valence-corrected chi connectivity index (χ2v) is 13.3. The minimum absolute atomic E-state index is 0.0154. The SMILES string of the molecule is COC(=O)/C=C/c1ccc(OC(=O)CCN(C(=O)c2ccc3c(c2)nc(CNc2ccc(/C(N)=N/C(=O)OC(C)(C)C)cc2)n3C)c2ccccn2)cc1OC. The van der Waals surface area contributed by atoms with Crippen molar-refractivity contribution in [3.05, 3.63) is 114 Å². The van der Waals surface area contributed by atoms with Gasteiger partial charge in [-0.25, -0.2) is 19.6 Å². The van der Waals surface area contributed by atoms with Crippen molar-refractivity contribution in [1.29, 1.82) is 0 Å². The van der Waals surface area contributed by atoms with Crippen molar-refractivity contribution in [2.75, 3.05) is 31.0 Å². The van der Waals surface area contributed by atoms with E-state index in [4.69, 9.17) is 24.9 Å². The minimum atomic E-state index is -0.761. The van der Waals surface area contributed by atoms with Crippen LogP contribution >= 0.6 is 0 Å². The highest BCUT2D eigenvalue weighted by atomic mass is 16.6. The van der Waals surface area contributed by atoms with Crippen LogP contribution < -0.4 is 25.4 Å². The number of pyridine rings is 1. The van der Waals surface area contributed by atoms with Gasteiger partial charge in [0, 0.05) is 54.3 Å². The number of imidazole rings is 1. The molecule has 0 aliphatic heterocycles. The molecule has 2 amide bonds. The molecule has 5 aromatic rings. The van der Waals surface area contributed by atoms with Crippen LogP contribution in [0.1, 0.15) is 54.5 Å². The molecule has 5 rings (SSSR count). The number of nitrogens with zero attached hydrogens (tertiary/aromatic N) is 5. The Balaban J connectivity index is 1.26. The number of fused-ring (bicyclic) bond motifs is 1. The number of aryl methyl sites for hydroxylation is 1. The second kappa shape index (κ2) is 17.9. The summed E-state index contributed by atoms with van der Waals surface area (Å²) in [5.41, 5.74) is 9.05. The van der Waals surface area contributed by atoms with Crippen LogP contribution in [-0.4, -0.2) is 70.7 Å². The topological polar surface area (TPSA) is 190 Å². The smallest absolute Gasteiger partial charge is 0.436 e. The molecule has 0 aliphatic rings. The van der Waals surface area contributed by atoms with Gasteiger partial charge in [-0.15, -0.1) is 0 Å². The summed E-state index contributed by atoms with van der Waals surface area (Å²) in [5, 5.41) is 3.33. The fourth-order valence-corrected chi connectivity index (χ4v) is 5.42. The minimum Gasteiger partial charge on any atom is -0.496 e. The lowest BCUT2D eigenvalue weighted by molar-refractivity contribution is -0.135. The molecule has 15 nitrogen and oxygen atoms in total. The normalized spacial score (nSPS) is 11.6. The van der Waals surface area contributed by atoms with Gasteiger partial charge < -0.3 is 34.6 Å². The molecule has 2 heterocycles. The van der Waals surface area contributed by atoms with E-state index >= 15 is 0 Å². The molecule has 0 saturated carbocycles. The number of carbonyl (C=O) groups excluding carboxylic acids is 4. The predicted molar refractivity (Wildman–Crippen MR) is 212 cm³/mol. The Labute approximate surface area is 323 Å². The number of hydrogen-bond acceptors (Lipinski definition) is 11. The lowest BCUT2D eigenvalue weighted by Gasteiger charge is -2.21. The first-order valence-electron chi connectivity index (χ1n) is 17.5. The Morgan fingerprint density at radius 2 is 1.71 bits per heavy atom. The zero-order valence-corrected chi connectivity index (χ0v) is 31.9. The number of rotatable bonds is 13. The Morgan fingerprint density at radius 3 is 2.39 bits per heavy atom. The summed E-state index contributed by atoms with van der Waals surface area (Å²) >= 11 is 0. The van der Waals surface area contributed by atoms with Crippen molar-refractivity contribution in [2.24, 2.45) is 17.8 Å². The summed E-state index contributed by atoms with van der Waals surface area (Å²) in [6.45, 7) is 5.61. The summed E-state index contributed by atoms with van der Waals surface area (Å²) in [6, 6.07) is 22.3. The molecular weight excluding hydrogens is 718 g/mol. The number of anilines is 2. The number of esters is 2. The van der Waals surface area contributed by atoms with Gasteiger partial charge in [0.15, 0.2) is 0 Å². The third-order valence-electron chi connectivity index (χ3n) is 8.20. The molecule has 0 bridgehead atoms. The van der Waals surface area contributed by atoms with Crippen LogP contribution in [0, 0.1) is 0 Å². The maximum Gasteiger partial charge on any atom is 0.436 e. The fourth-order valence-electron chi connectivity index (χ4n) is 5.42. The van der Waals surface area contributed by atoms with Gasteiger partial charge >= 0.3 is 18.0 Å². The van der Waals surface area contributed by atoms with Crippen LogP contribution in [-0.2, 0) is 32.7 Å². The highest BCUT2D eigenvalue weighted by Gasteiger charge is 2.22. The van der Waals surface area contributed by atoms with E-state index in [9.17, 15) is 19.2 Å². The van der Waals surface area contributed by atoms with Gasteiger partial charge in [-0.05, 0) is 93.6 Å². The van der Waals surface area contributed by atoms with Gasteiger partial charge in [0.25, 0.3) is 5.91 Å². The number of aromatic nitrogens is 3. The van der Waals surface area contributed by atoms with E-state index in [-0.39, 0.29) is 30.5 Å². The molecular formula is C41H43N7O8. The Kier molecular flexibility index (Phi) is 12.8. The number of hydrogen-bond donors (Lipinski definition) is 2. The van der Waals surface area contributed by atoms with Crippen LogP contribution in [0.3, 0.4) is 0 Å². The maximum absolute atomic E-state index is 14.0. The summed E-state index contributed by atoms with van der Waals surface area (Å²) in [7, 11) is 4.62. The zero-order valence-electron chi connectivity index (χ0n) is 31.9. The molecule has 0 atom stereocenters. The monoisotopic (exact) mass is 761 g/mol. The highest BCUT2D eigenvalue weighted by Crippen LogP contribution is 2.27. The van der Waals surface area contributed by atoms with Gasteiger partial charge in [0.1, 0.15) is 34.6 Å². The molecule has 0 aliphatic carbocycles. The van der Waals surface area contributed by atoms with E-state index in [1.165, 1.54) is 37.3 Å². The van der Waals surface area contributed by atoms with E-state index in [2.05, 4.69) is 20.0 Å². The van der Waals surface area contributed by atoms with Gasteiger partial charge in [0.05, 0.1) is 38.2 Å². The van der Waals surface area contributed by atoms with Crippen LogP contribution in [0.15, 0.2) is 96.1 Å². The Bertz CT molecular complexity index is 2280. The van der Waals surface area contributed by atoms with Crippen molar-refractivity contribution in [1.82, 2.24) is 14.5 Å². The Hall–Kier alpha value is -7.03. The molecule has 0 fully saturated rings. The van der Waals surface area contributed by atoms with Gasteiger partial charge in [-0.3, -0.25) is 14.5 Å². The average molecular weight is 762 g/mol. The zero-order chi connectivity index (χ0) is 40.4. The number of benzene rings is 3. The molecule has 3 N–H and O–H groups in total. The van der Waals surface area contributed by atoms with Crippen molar-refractivity contribution < 1.29 is 38.1 Å². The van der Waals surface area contributed by atoms with E-state index in [1.807, 2.05) is 29.8 Å². The van der Waals surface area contributed by atoms with Crippen molar-refractivity contribution >= 4 is 58.4 Å². The van der Waals surface area contributed by atoms with Gasteiger partial charge in [-0.1, -0.05) is 6.07 Å². The molecule has 0 radical (unpaired) electrons. The summed E-state index contributed by atoms with van der Waals surface area (Å²) in [5.74, 6) is 0.262. The lowest BCUT2D eigenvalue weighted by atomic mass is 10.1. The molecule has 56 heavy (non-hydrogen) atoms. The Morgan fingerprint density at radius 1 is 0.964 bits per heavy atom. The maximum atomic E-state index is 14.0. The first-order valence-corrected chi connectivity index (χ1v) is 17.5. The van der Waals surface area contributed by atoms with Crippen molar-refractivity contribution in [3.63, 3.8) is 0 Å². The number of nitrogens with one attached hydrogen (secondary N) is 1. The fraction of sp³-hybridized carbons (Fsp3) is 0.244. The van der Waals surface area contributed by atoms with Gasteiger partial charge in [-0.2, -0.15) is 4.99 Å². The molecule has 0 saturated heterocycles. The number of aliphatic imine (C=N–C) groups is 1. The van der Waals surface area contributed by atoms with E-state index in [1.54, 1.807) is 81.6 Å². The number of ether oxygens (including phenoxy) is 4. The first kappa shape index (κ1) is 40.2. The third-order valence-corrected chi connectivity index (χ3v) is 8.20. The molecule has 2 aromatic heterocycles. The average Bonchev–Trinajstić information content (AvgIpc) is 3.50. The van der Waals surface area contributed by atoms with E-state index in [0.717, 1.165) is 11.2 Å². The first-order chi connectivity index (χ1) is 26.7. The number of amidine groups is 1. The molecule has 0 unspecified atom stereocenters. The number of methoxy groups -OCH3 is 2. The van der Waals surface area contributed by atoms with Gasteiger partial charge in [0.2, 0.25) is 0 Å². The third kappa shape index (κ3) is 10.6.